The monoisotopic (exact) mass is 209 g/mol. The van der Waals surface area contributed by atoms with Gasteiger partial charge in [-0.15, -0.1) is 0 Å². The average Bonchev–Trinajstić information content (AvgIpc) is 2.96. The van der Waals surface area contributed by atoms with Gasteiger partial charge in [0.05, 0.1) is 12.6 Å². The van der Waals surface area contributed by atoms with Crippen LogP contribution in [0.3, 0.4) is 0 Å². The Kier molecular flexibility index (Phi) is 2.05. The van der Waals surface area contributed by atoms with Crippen molar-refractivity contribution in [3.63, 3.8) is 0 Å². The molecule has 1 aromatic heterocycles. The van der Waals surface area contributed by atoms with Crippen LogP contribution in [0.4, 0.5) is 10.2 Å². The highest BCUT2D eigenvalue weighted by Gasteiger charge is 2.39. The Hall–Kier alpha value is -1.23. The van der Waals surface area contributed by atoms with Crippen LogP contribution < -0.4 is 4.90 Å². The molecule has 1 aromatic rings. The van der Waals surface area contributed by atoms with Gasteiger partial charge < -0.3 is 9.64 Å². The van der Waals surface area contributed by atoms with Crippen molar-refractivity contribution in [3.8, 4) is 0 Å². The molecule has 0 radical (unpaired) electrons. The third-order valence-electron chi connectivity index (χ3n) is 2.99. The molecule has 2 aliphatic rings. The number of hydrogen-bond acceptors (Lipinski definition) is 4. The van der Waals surface area contributed by atoms with Crippen molar-refractivity contribution in [3.05, 3.63) is 18.3 Å². The Morgan fingerprint density at radius 1 is 1.47 bits per heavy atom. The minimum absolute atomic E-state index is 0.374. The molecular formula is C10H12FN3O. The number of anilines is 1. The molecule has 1 aliphatic heterocycles. The summed E-state index contributed by atoms with van der Waals surface area (Å²) in [4.78, 5) is 9.27. The van der Waals surface area contributed by atoms with Crippen LogP contribution >= 0.6 is 0 Å². The molecule has 0 spiro atoms. The Bertz CT molecular complexity index is 369. The molecule has 1 saturated carbocycles. The quantitative estimate of drug-likeness (QED) is 0.686. The van der Waals surface area contributed by atoms with Crippen molar-refractivity contribution in [1.29, 1.82) is 0 Å². The van der Waals surface area contributed by atoms with Crippen LogP contribution in [0.2, 0.25) is 0 Å². The van der Waals surface area contributed by atoms with Crippen LogP contribution in [0.1, 0.15) is 12.8 Å². The molecule has 1 atom stereocenters. The summed E-state index contributed by atoms with van der Waals surface area (Å²) >= 11 is 0. The fraction of sp³-hybridized carbons (Fsp3) is 0.600. The van der Waals surface area contributed by atoms with Gasteiger partial charge in [0.2, 0.25) is 0 Å². The first-order chi connectivity index (χ1) is 7.34. The fourth-order valence-electron chi connectivity index (χ4n) is 2.05. The molecular weight excluding hydrogens is 197 g/mol. The van der Waals surface area contributed by atoms with E-state index in [-0.39, 0.29) is 0 Å². The Morgan fingerprint density at radius 2 is 2.33 bits per heavy atom. The van der Waals surface area contributed by atoms with Crippen LogP contribution in [0.25, 0.3) is 0 Å². The predicted molar refractivity (Wildman–Crippen MR) is 51.8 cm³/mol. The molecule has 2 heterocycles. The first-order valence-electron chi connectivity index (χ1n) is 5.17. The highest BCUT2D eigenvalue weighted by atomic mass is 19.1. The summed E-state index contributed by atoms with van der Waals surface area (Å²) in [7, 11) is 0. The molecule has 1 saturated heterocycles. The summed E-state index contributed by atoms with van der Waals surface area (Å²) in [6.45, 7) is 1.24. The van der Waals surface area contributed by atoms with E-state index in [0.29, 0.717) is 24.5 Å². The third-order valence-corrected chi connectivity index (χ3v) is 2.99. The Morgan fingerprint density at radius 3 is 3.07 bits per heavy atom. The van der Waals surface area contributed by atoms with Crippen LogP contribution in [0.5, 0.6) is 0 Å². The molecule has 2 fully saturated rings. The molecule has 0 N–H and O–H groups in total. The van der Waals surface area contributed by atoms with E-state index in [2.05, 4.69) is 9.97 Å². The van der Waals surface area contributed by atoms with Gasteiger partial charge >= 0.3 is 6.08 Å². The minimum atomic E-state index is -0.672. The molecule has 15 heavy (non-hydrogen) atoms. The predicted octanol–water partition coefficient (Wildman–Crippen LogP) is 1.19. The number of aromatic nitrogens is 2. The zero-order valence-electron chi connectivity index (χ0n) is 8.27. The molecule has 5 heteroatoms. The van der Waals surface area contributed by atoms with Gasteiger partial charge in [0, 0.05) is 6.20 Å². The van der Waals surface area contributed by atoms with E-state index in [1.807, 2.05) is 4.90 Å². The van der Waals surface area contributed by atoms with Crippen molar-refractivity contribution in [1.82, 2.24) is 9.97 Å². The Labute approximate surface area is 87.1 Å². The van der Waals surface area contributed by atoms with E-state index in [4.69, 9.17) is 4.74 Å². The van der Waals surface area contributed by atoms with Gasteiger partial charge in [-0.2, -0.15) is 9.37 Å². The second-order valence-corrected chi connectivity index (χ2v) is 4.06. The number of halogens is 1. The smallest absolute Gasteiger partial charge is 0.310 e. The number of rotatable bonds is 2. The summed E-state index contributed by atoms with van der Waals surface area (Å²) in [5.74, 6) is 1.34. The minimum Gasteiger partial charge on any atom is -0.359 e. The molecule has 80 valence electrons. The second kappa shape index (κ2) is 3.41. The lowest BCUT2D eigenvalue weighted by Gasteiger charge is -2.22. The summed E-state index contributed by atoms with van der Waals surface area (Å²) in [5, 5.41) is 0. The number of hydrogen-bond donors (Lipinski definition) is 0. The Balaban J connectivity index is 1.85. The van der Waals surface area contributed by atoms with Gasteiger partial charge in [0.1, 0.15) is 12.5 Å². The maximum atomic E-state index is 12.9. The lowest BCUT2D eigenvalue weighted by Crippen LogP contribution is -2.33. The number of nitrogens with zero attached hydrogens (tertiary/aromatic N) is 3. The van der Waals surface area contributed by atoms with Crippen molar-refractivity contribution >= 4 is 5.82 Å². The van der Waals surface area contributed by atoms with E-state index in [1.54, 1.807) is 6.07 Å². The van der Waals surface area contributed by atoms with Crippen LogP contribution in [0.15, 0.2) is 12.3 Å². The molecule has 0 aromatic carbocycles. The van der Waals surface area contributed by atoms with Crippen LogP contribution in [-0.4, -0.2) is 29.3 Å². The number of ether oxygens (including phenoxy) is 1. The highest BCUT2D eigenvalue weighted by molar-refractivity contribution is 5.39. The standard InChI is InChI=1S/C10H12FN3O/c11-10-12-4-3-9(13-10)14-6-15-5-8(14)7-1-2-7/h3-4,7-8H,1-2,5-6H2/t8-/m1/s1. The summed E-state index contributed by atoms with van der Waals surface area (Å²) in [5.41, 5.74) is 0. The molecule has 0 unspecified atom stereocenters. The SMILES string of the molecule is Fc1nccc(N2COC[C@@H]2C2CC2)n1. The average molecular weight is 209 g/mol. The van der Waals surface area contributed by atoms with Crippen molar-refractivity contribution in [2.75, 3.05) is 18.2 Å². The second-order valence-electron chi connectivity index (χ2n) is 4.06. The van der Waals surface area contributed by atoms with Gasteiger partial charge in [-0.3, -0.25) is 0 Å². The maximum Gasteiger partial charge on any atom is 0.310 e. The maximum absolute atomic E-state index is 12.9. The largest absolute Gasteiger partial charge is 0.359 e. The topological polar surface area (TPSA) is 38.2 Å². The fourth-order valence-corrected chi connectivity index (χ4v) is 2.05. The molecule has 4 nitrogen and oxygen atoms in total. The third kappa shape index (κ3) is 1.67. The van der Waals surface area contributed by atoms with Crippen molar-refractivity contribution in [2.24, 2.45) is 5.92 Å². The van der Waals surface area contributed by atoms with Gasteiger partial charge in [-0.1, -0.05) is 0 Å². The molecule has 0 bridgehead atoms. The van der Waals surface area contributed by atoms with Crippen molar-refractivity contribution < 1.29 is 9.13 Å². The normalized spacial score (nSPS) is 25.9. The first kappa shape index (κ1) is 9.03. The van der Waals surface area contributed by atoms with Crippen LogP contribution in [0, 0.1) is 12.0 Å². The first-order valence-corrected chi connectivity index (χ1v) is 5.17. The van der Waals surface area contributed by atoms with E-state index in [0.717, 1.165) is 6.61 Å². The van der Waals surface area contributed by atoms with Gasteiger partial charge in [-0.25, -0.2) is 4.98 Å². The zero-order chi connectivity index (χ0) is 10.3. The highest BCUT2D eigenvalue weighted by Crippen LogP contribution is 2.38. The van der Waals surface area contributed by atoms with E-state index >= 15 is 0 Å². The lowest BCUT2D eigenvalue weighted by atomic mass is 10.2. The molecule has 3 rings (SSSR count). The van der Waals surface area contributed by atoms with Crippen LogP contribution in [-0.2, 0) is 4.74 Å². The van der Waals surface area contributed by atoms with Gasteiger partial charge in [-0.05, 0) is 24.8 Å². The van der Waals surface area contributed by atoms with Gasteiger partial charge in [0.25, 0.3) is 0 Å². The lowest BCUT2D eigenvalue weighted by molar-refractivity contribution is 0.191. The zero-order valence-corrected chi connectivity index (χ0v) is 8.27. The molecule has 1 aliphatic carbocycles. The summed E-state index contributed by atoms with van der Waals surface area (Å²) in [6, 6.07) is 2.10. The molecule has 0 amide bonds. The summed E-state index contributed by atoms with van der Waals surface area (Å²) < 4.78 is 18.3. The van der Waals surface area contributed by atoms with Gasteiger partial charge in [0.15, 0.2) is 0 Å². The summed E-state index contributed by atoms with van der Waals surface area (Å²) in [6.07, 6.45) is 3.27. The van der Waals surface area contributed by atoms with E-state index in [9.17, 15) is 4.39 Å². The van der Waals surface area contributed by atoms with E-state index < -0.39 is 6.08 Å². The van der Waals surface area contributed by atoms with Crippen molar-refractivity contribution in [2.45, 2.75) is 18.9 Å². The van der Waals surface area contributed by atoms with E-state index in [1.165, 1.54) is 19.0 Å².